The van der Waals surface area contributed by atoms with Crippen molar-refractivity contribution < 1.29 is 14.3 Å². The molecule has 5 nitrogen and oxygen atoms in total. The lowest BCUT2D eigenvalue weighted by Crippen LogP contribution is -2.34. The van der Waals surface area contributed by atoms with Gasteiger partial charge in [0.25, 0.3) is 5.91 Å². The van der Waals surface area contributed by atoms with Crippen molar-refractivity contribution >= 4 is 35.0 Å². The second kappa shape index (κ2) is 6.97. The van der Waals surface area contributed by atoms with E-state index in [9.17, 15) is 9.59 Å². The summed E-state index contributed by atoms with van der Waals surface area (Å²) in [4.78, 5) is 24.9. The van der Waals surface area contributed by atoms with Gasteiger partial charge in [-0.15, -0.1) is 11.8 Å². The number of nitrogens with one attached hydrogen (secondary N) is 2. The molecule has 0 saturated heterocycles. The number of rotatable bonds is 4. The van der Waals surface area contributed by atoms with Gasteiger partial charge < -0.3 is 15.4 Å². The maximum atomic E-state index is 12.1. The van der Waals surface area contributed by atoms with Crippen LogP contribution in [-0.4, -0.2) is 23.7 Å². The van der Waals surface area contributed by atoms with Gasteiger partial charge in [-0.05, 0) is 43.7 Å². The average Bonchev–Trinajstić information content (AvgIpc) is 2.55. The Bertz CT molecular complexity index is 792. The monoisotopic (exact) mass is 342 g/mol. The number of anilines is 2. The van der Waals surface area contributed by atoms with Crippen LogP contribution < -0.4 is 15.4 Å². The lowest BCUT2D eigenvalue weighted by atomic mass is 10.2. The van der Waals surface area contributed by atoms with Crippen LogP contribution in [0.15, 0.2) is 47.4 Å². The summed E-state index contributed by atoms with van der Waals surface area (Å²) in [6.45, 7) is 3.71. The van der Waals surface area contributed by atoms with Gasteiger partial charge in [-0.25, -0.2) is 0 Å². The molecule has 0 aromatic heterocycles. The van der Waals surface area contributed by atoms with Crippen molar-refractivity contribution in [2.75, 3.05) is 16.4 Å². The summed E-state index contributed by atoms with van der Waals surface area (Å²) in [5, 5.41) is 5.61. The number of benzene rings is 2. The van der Waals surface area contributed by atoms with E-state index in [0.29, 0.717) is 22.9 Å². The Balaban J connectivity index is 1.62. The third-order valence-electron chi connectivity index (χ3n) is 3.65. The summed E-state index contributed by atoms with van der Waals surface area (Å²) < 4.78 is 5.49. The molecule has 0 fully saturated rings. The van der Waals surface area contributed by atoms with E-state index in [2.05, 4.69) is 10.6 Å². The van der Waals surface area contributed by atoms with Crippen LogP contribution in [0.25, 0.3) is 0 Å². The van der Waals surface area contributed by atoms with Crippen LogP contribution in [0, 0.1) is 6.92 Å². The number of hydrogen-bond acceptors (Lipinski definition) is 4. The molecule has 124 valence electrons. The SMILES string of the molecule is Cc1ccccc1SCC(=O)Nc1ccc2c(c1)NC(=O)[C@H](C)O2. The van der Waals surface area contributed by atoms with E-state index in [1.807, 2.05) is 31.2 Å². The molecule has 2 N–H and O–H groups in total. The first kappa shape index (κ1) is 16.4. The summed E-state index contributed by atoms with van der Waals surface area (Å²) in [7, 11) is 0. The highest BCUT2D eigenvalue weighted by atomic mass is 32.2. The molecule has 3 rings (SSSR count). The van der Waals surface area contributed by atoms with E-state index in [0.717, 1.165) is 10.5 Å². The highest BCUT2D eigenvalue weighted by molar-refractivity contribution is 8.00. The van der Waals surface area contributed by atoms with Crippen molar-refractivity contribution in [2.24, 2.45) is 0 Å². The van der Waals surface area contributed by atoms with Crippen LogP contribution >= 0.6 is 11.8 Å². The molecule has 2 aromatic rings. The van der Waals surface area contributed by atoms with Gasteiger partial charge in [0.15, 0.2) is 6.10 Å². The van der Waals surface area contributed by atoms with E-state index in [1.54, 1.807) is 25.1 Å². The molecule has 0 spiro atoms. The second-order valence-electron chi connectivity index (χ2n) is 5.56. The molecule has 1 heterocycles. The molecule has 0 aliphatic carbocycles. The summed E-state index contributed by atoms with van der Waals surface area (Å²) in [5.74, 6) is 0.636. The minimum Gasteiger partial charge on any atom is -0.479 e. The summed E-state index contributed by atoms with van der Waals surface area (Å²) in [6, 6.07) is 13.2. The van der Waals surface area contributed by atoms with Crippen LogP contribution in [0.3, 0.4) is 0 Å². The van der Waals surface area contributed by atoms with Crippen molar-refractivity contribution in [3.8, 4) is 5.75 Å². The fourth-order valence-corrected chi connectivity index (χ4v) is 3.17. The van der Waals surface area contributed by atoms with E-state index in [-0.39, 0.29) is 11.8 Å². The Labute approximate surface area is 144 Å². The summed E-state index contributed by atoms with van der Waals surface area (Å²) >= 11 is 1.50. The van der Waals surface area contributed by atoms with Gasteiger partial charge in [-0.2, -0.15) is 0 Å². The van der Waals surface area contributed by atoms with Crippen LogP contribution in [0.2, 0.25) is 0 Å². The quantitative estimate of drug-likeness (QED) is 0.835. The Morgan fingerprint density at radius 3 is 2.88 bits per heavy atom. The predicted molar refractivity (Wildman–Crippen MR) is 95.7 cm³/mol. The first-order valence-electron chi connectivity index (χ1n) is 7.63. The summed E-state index contributed by atoms with van der Waals surface area (Å²) in [6.07, 6.45) is -0.511. The Morgan fingerprint density at radius 2 is 2.08 bits per heavy atom. The molecule has 0 saturated carbocycles. The number of amides is 2. The third-order valence-corrected chi connectivity index (χ3v) is 4.82. The minimum absolute atomic E-state index is 0.0976. The molecule has 2 amide bonds. The molecule has 0 bridgehead atoms. The van der Waals surface area contributed by atoms with Gasteiger partial charge in [0.05, 0.1) is 11.4 Å². The van der Waals surface area contributed by atoms with E-state index in [1.165, 1.54) is 11.8 Å². The fourth-order valence-electron chi connectivity index (χ4n) is 2.35. The van der Waals surface area contributed by atoms with Gasteiger partial charge in [-0.3, -0.25) is 9.59 Å². The molecular formula is C18H18N2O3S. The van der Waals surface area contributed by atoms with Gasteiger partial charge in [0, 0.05) is 10.6 Å². The van der Waals surface area contributed by atoms with Crippen molar-refractivity contribution in [1.82, 2.24) is 0 Å². The van der Waals surface area contributed by atoms with E-state index >= 15 is 0 Å². The van der Waals surface area contributed by atoms with E-state index in [4.69, 9.17) is 4.74 Å². The maximum Gasteiger partial charge on any atom is 0.265 e. The zero-order chi connectivity index (χ0) is 17.1. The molecule has 1 aliphatic rings. The van der Waals surface area contributed by atoms with Crippen LogP contribution in [0.5, 0.6) is 5.75 Å². The third kappa shape index (κ3) is 3.71. The topological polar surface area (TPSA) is 67.4 Å². The number of fused-ring (bicyclic) bond motifs is 1. The molecule has 24 heavy (non-hydrogen) atoms. The molecule has 1 atom stereocenters. The number of thioether (sulfide) groups is 1. The average molecular weight is 342 g/mol. The molecular weight excluding hydrogens is 324 g/mol. The van der Waals surface area contributed by atoms with Crippen LogP contribution in [-0.2, 0) is 9.59 Å². The smallest absolute Gasteiger partial charge is 0.265 e. The highest BCUT2D eigenvalue weighted by Gasteiger charge is 2.23. The van der Waals surface area contributed by atoms with Gasteiger partial charge in [0.1, 0.15) is 5.75 Å². The molecule has 1 aliphatic heterocycles. The number of ether oxygens (including phenoxy) is 1. The zero-order valence-electron chi connectivity index (χ0n) is 13.5. The number of carbonyl (C=O) groups excluding carboxylic acids is 2. The van der Waals surface area contributed by atoms with Gasteiger partial charge in [0.2, 0.25) is 5.91 Å². The second-order valence-corrected chi connectivity index (χ2v) is 6.58. The van der Waals surface area contributed by atoms with Gasteiger partial charge in [-0.1, -0.05) is 18.2 Å². The predicted octanol–water partition coefficient (Wildman–Crippen LogP) is 3.45. The van der Waals surface area contributed by atoms with Crippen molar-refractivity contribution in [1.29, 1.82) is 0 Å². The molecule has 2 aromatic carbocycles. The number of hydrogen-bond donors (Lipinski definition) is 2. The van der Waals surface area contributed by atoms with Gasteiger partial charge >= 0.3 is 0 Å². The maximum absolute atomic E-state index is 12.1. The minimum atomic E-state index is -0.511. The largest absolute Gasteiger partial charge is 0.479 e. The first-order chi connectivity index (χ1) is 11.5. The lowest BCUT2D eigenvalue weighted by Gasteiger charge is -2.23. The van der Waals surface area contributed by atoms with E-state index < -0.39 is 6.10 Å². The molecule has 0 radical (unpaired) electrons. The molecule has 0 unspecified atom stereocenters. The standard InChI is InChI=1S/C18H18N2O3S/c1-11-5-3-4-6-16(11)24-10-17(21)19-13-7-8-15-14(9-13)20-18(22)12(2)23-15/h3-9,12H,10H2,1-2H3,(H,19,21)(H,20,22)/t12-/m0/s1. The number of carbonyl (C=O) groups is 2. The first-order valence-corrected chi connectivity index (χ1v) is 8.61. The van der Waals surface area contributed by atoms with Crippen molar-refractivity contribution in [3.05, 3.63) is 48.0 Å². The Hall–Kier alpha value is -2.47. The van der Waals surface area contributed by atoms with Crippen molar-refractivity contribution in [2.45, 2.75) is 24.8 Å². The lowest BCUT2D eigenvalue weighted by molar-refractivity contribution is -0.122. The zero-order valence-corrected chi connectivity index (χ0v) is 14.3. The highest BCUT2D eigenvalue weighted by Crippen LogP contribution is 2.32. The van der Waals surface area contributed by atoms with Crippen molar-refractivity contribution in [3.63, 3.8) is 0 Å². The fraction of sp³-hybridized carbons (Fsp3) is 0.222. The number of aryl methyl sites for hydroxylation is 1. The van der Waals surface area contributed by atoms with Crippen LogP contribution in [0.1, 0.15) is 12.5 Å². The Kier molecular flexibility index (Phi) is 4.76. The normalized spacial score (nSPS) is 15.9. The molecule has 6 heteroatoms. The van der Waals surface area contributed by atoms with Crippen LogP contribution in [0.4, 0.5) is 11.4 Å². The summed E-state index contributed by atoms with van der Waals surface area (Å²) in [5.41, 5.74) is 2.35. The Morgan fingerprint density at radius 1 is 1.29 bits per heavy atom.